The van der Waals surface area contributed by atoms with Crippen molar-refractivity contribution in [1.82, 2.24) is 29.1 Å². The van der Waals surface area contributed by atoms with E-state index < -0.39 is 19.9 Å². The van der Waals surface area contributed by atoms with Crippen molar-refractivity contribution < 1.29 is 27.4 Å². The van der Waals surface area contributed by atoms with Gasteiger partial charge in [0.25, 0.3) is 0 Å². The number of benzene rings is 1. The van der Waals surface area contributed by atoms with E-state index in [1.165, 1.54) is 17.9 Å². The third kappa shape index (κ3) is 6.74. The van der Waals surface area contributed by atoms with Crippen molar-refractivity contribution in [3.05, 3.63) is 66.6 Å². The van der Waals surface area contributed by atoms with Crippen LogP contribution in [0.2, 0.25) is 25.7 Å². The molecule has 13 heteroatoms. The number of fused-ring (bicyclic) bond motifs is 1. The number of nitrogens with zero attached hydrogens (tertiary/aromatic N) is 6. The Morgan fingerprint density at radius 1 is 1.02 bits per heavy atom. The fourth-order valence-corrected chi connectivity index (χ4v) is 5.89. The summed E-state index contributed by atoms with van der Waals surface area (Å²) in [6.07, 6.45) is 3.78. The first kappa shape index (κ1) is 30.8. The van der Waals surface area contributed by atoms with E-state index in [2.05, 4.69) is 34.6 Å². The first-order valence-corrected chi connectivity index (χ1v) is 18.5. The Bertz CT molecular complexity index is 1830. The van der Waals surface area contributed by atoms with Crippen molar-refractivity contribution in [3.63, 3.8) is 0 Å². The maximum absolute atomic E-state index is 13.2. The number of alkyl halides is 3. The zero-order valence-corrected chi connectivity index (χ0v) is 26.9. The van der Waals surface area contributed by atoms with Gasteiger partial charge >= 0.3 is 6.18 Å². The number of ether oxygens (including phenoxy) is 3. The molecule has 0 radical (unpaired) electrons. The molecule has 1 aliphatic carbocycles. The summed E-state index contributed by atoms with van der Waals surface area (Å²) in [6.45, 7) is 7.92. The molecule has 5 aromatic rings. The standard InChI is InChI=1S/C32H35F3N6O3Si/c1-40-17-27(32(33,34)35)39-30(40)21-8-10-22(11-9-21)44-26-16-41(19-43-12-13-45(3,4)5)25-15-36-24(14-23(25)26)28-29(20-6-7-20)37-18-38-31(28)42-2/h8-11,14-18,20H,6-7,12-13,19H2,1-5H3. The number of hydrogen-bond donors (Lipinski definition) is 0. The molecule has 4 heterocycles. The van der Waals surface area contributed by atoms with E-state index >= 15 is 0 Å². The molecule has 45 heavy (non-hydrogen) atoms. The zero-order chi connectivity index (χ0) is 31.9. The Morgan fingerprint density at radius 3 is 2.42 bits per heavy atom. The number of aryl methyl sites for hydroxylation is 1. The van der Waals surface area contributed by atoms with E-state index in [0.29, 0.717) is 47.9 Å². The van der Waals surface area contributed by atoms with Crippen LogP contribution in [0.15, 0.2) is 55.2 Å². The predicted molar refractivity (Wildman–Crippen MR) is 167 cm³/mol. The normalized spacial score (nSPS) is 13.9. The van der Waals surface area contributed by atoms with Crippen LogP contribution in [-0.4, -0.2) is 50.9 Å². The number of pyridine rings is 1. The third-order valence-electron chi connectivity index (χ3n) is 7.72. The smallest absolute Gasteiger partial charge is 0.434 e. The Hall–Kier alpha value is -4.23. The molecule has 0 spiro atoms. The highest BCUT2D eigenvalue weighted by Crippen LogP contribution is 2.46. The zero-order valence-electron chi connectivity index (χ0n) is 25.9. The van der Waals surface area contributed by atoms with Crippen molar-refractivity contribution in [1.29, 1.82) is 0 Å². The highest BCUT2D eigenvalue weighted by molar-refractivity contribution is 6.76. The minimum Gasteiger partial charge on any atom is -0.480 e. The summed E-state index contributed by atoms with van der Waals surface area (Å²) < 4.78 is 61.0. The largest absolute Gasteiger partial charge is 0.480 e. The second-order valence-electron chi connectivity index (χ2n) is 12.5. The Labute approximate surface area is 260 Å². The predicted octanol–water partition coefficient (Wildman–Crippen LogP) is 7.90. The van der Waals surface area contributed by atoms with Crippen LogP contribution in [-0.2, 0) is 24.7 Å². The second kappa shape index (κ2) is 11.9. The van der Waals surface area contributed by atoms with Gasteiger partial charge < -0.3 is 23.3 Å². The Kier molecular flexibility index (Phi) is 8.16. The Balaban J connectivity index is 1.34. The van der Waals surface area contributed by atoms with Gasteiger partial charge in [-0.05, 0) is 49.2 Å². The number of hydrogen-bond acceptors (Lipinski definition) is 7. The van der Waals surface area contributed by atoms with E-state index in [1.807, 2.05) is 16.8 Å². The average Bonchev–Trinajstić information content (AvgIpc) is 3.69. The van der Waals surface area contributed by atoms with Gasteiger partial charge in [-0.15, -0.1) is 0 Å². The highest BCUT2D eigenvalue weighted by Gasteiger charge is 2.34. The van der Waals surface area contributed by atoms with Crippen LogP contribution in [0.4, 0.5) is 13.2 Å². The fraction of sp³-hybridized carbons (Fsp3) is 0.375. The van der Waals surface area contributed by atoms with Crippen molar-refractivity contribution >= 4 is 19.0 Å². The monoisotopic (exact) mass is 636 g/mol. The van der Waals surface area contributed by atoms with Gasteiger partial charge in [0.15, 0.2) is 11.4 Å². The first-order chi connectivity index (χ1) is 21.4. The SMILES string of the molecule is COc1ncnc(C2CC2)c1-c1cc2c(Oc3ccc(-c4nc(C(F)(F)F)cn4C)cc3)cn(COCC[Si](C)(C)C)c2cn1. The molecule has 1 aromatic carbocycles. The van der Waals surface area contributed by atoms with Crippen LogP contribution in [0.3, 0.4) is 0 Å². The van der Waals surface area contributed by atoms with Gasteiger partial charge in [-0.2, -0.15) is 13.2 Å². The molecule has 0 saturated heterocycles. The molecule has 0 unspecified atom stereocenters. The van der Waals surface area contributed by atoms with Crippen molar-refractivity contribution in [2.45, 2.75) is 57.4 Å². The second-order valence-corrected chi connectivity index (χ2v) is 18.1. The van der Waals surface area contributed by atoms with Crippen molar-refractivity contribution in [2.75, 3.05) is 13.7 Å². The van der Waals surface area contributed by atoms with E-state index in [9.17, 15) is 13.2 Å². The van der Waals surface area contributed by atoms with Gasteiger partial charge in [0, 0.05) is 44.8 Å². The maximum atomic E-state index is 13.2. The van der Waals surface area contributed by atoms with Crippen molar-refractivity contribution in [3.8, 4) is 40.0 Å². The minimum atomic E-state index is -4.52. The average molecular weight is 637 g/mol. The summed E-state index contributed by atoms with van der Waals surface area (Å²) in [7, 11) is 1.87. The minimum absolute atomic E-state index is 0.210. The van der Waals surface area contributed by atoms with Crippen molar-refractivity contribution in [2.24, 2.45) is 7.05 Å². The molecular formula is C32H35F3N6O3Si. The number of rotatable bonds is 11. The topological polar surface area (TPSA) is 89.1 Å². The lowest BCUT2D eigenvalue weighted by molar-refractivity contribution is -0.140. The maximum Gasteiger partial charge on any atom is 0.434 e. The molecule has 236 valence electrons. The number of imidazole rings is 1. The van der Waals surface area contributed by atoms with Gasteiger partial charge in [-0.3, -0.25) is 4.98 Å². The molecule has 0 N–H and O–H groups in total. The summed E-state index contributed by atoms with van der Waals surface area (Å²) in [5.74, 6) is 2.12. The molecule has 6 rings (SSSR count). The van der Waals surface area contributed by atoms with Gasteiger partial charge in [0.05, 0.1) is 42.0 Å². The fourth-order valence-electron chi connectivity index (χ4n) is 5.14. The van der Waals surface area contributed by atoms with E-state index in [-0.39, 0.29) is 5.82 Å². The van der Waals surface area contributed by atoms with Crippen LogP contribution in [0, 0.1) is 0 Å². The van der Waals surface area contributed by atoms with Gasteiger partial charge in [0.2, 0.25) is 5.88 Å². The quantitative estimate of drug-likeness (QED) is 0.108. The van der Waals surface area contributed by atoms with Gasteiger partial charge in [-0.1, -0.05) is 19.6 Å². The van der Waals surface area contributed by atoms with Crippen LogP contribution in [0.5, 0.6) is 17.4 Å². The van der Waals surface area contributed by atoms with Crippen LogP contribution < -0.4 is 9.47 Å². The number of aromatic nitrogens is 6. The van der Waals surface area contributed by atoms with E-state index in [4.69, 9.17) is 19.2 Å². The van der Waals surface area contributed by atoms with E-state index in [0.717, 1.165) is 47.2 Å². The van der Waals surface area contributed by atoms with Crippen LogP contribution >= 0.6 is 0 Å². The molecule has 1 saturated carbocycles. The molecule has 9 nitrogen and oxygen atoms in total. The molecule has 0 aliphatic heterocycles. The van der Waals surface area contributed by atoms with Crippen LogP contribution in [0.1, 0.15) is 30.1 Å². The van der Waals surface area contributed by atoms with E-state index in [1.54, 1.807) is 37.6 Å². The number of methoxy groups -OCH3 is 1. The summed E-state index contributed by atoms with van der Waals surface area (Å²) in [5, 5.41) is 0.810. The lowest BCUT2D eigenvalue weighted by Crippen LogP contribution is -2.21. The lowest BCUT2D eigenvalue weighted by Gasteiger charge is -2.15. The molecule has 0 amide bonds. The van der Waals surface area contributed by atoms with Gasteiger partial charge in [0.1, 0.15) is 24.6 Å². The first-order valence-electron chi connectivity index (χ1n) is 14.8. The summed E-state index contributed by atoms with van der Waals surface area (Å²) >= 11 is 0. The molecule has 0 atom stereocenters. The third-order valence-corrected chi connectivity index (χ3v) is 9.42. The lowest BCUT2D eigenvalue weighted by atomic mass is 10.1. The molecule has 1 aliphatic rings. The molecule has 0 bridgehead atoms. The highest BCUT2D eigenvalue weighted by atomic mass is 28.3. The Morgan fingerprint density at radius 2 is 1.78 bits per heavy atom. The molecular weight excluding hydrogens is 601 g/mol. The molecule has 4 aromatic heterocycles. The van der Waals surface area contributed by atoms with Crippen LogP contribution in [0.25, 0.3) is 33.5 Å². The number of halogens is 3. The molecule has 1 fully saturated rings. The van der Waals surface area contributed by atoms with Gasteiger partial charge in [-0.25, -0.2) is 15.0 Å². The summed E-state index contributed by atoms with van der Waals surface area (Å²) in [4.78, 5) is 17.5. The summed E-state index contributed by atoms with van der Waals surface area (Å²) in [6, 6.07) is 9.81. The summed E-state index contributed by atoms with van der Waals surface area (Å²) in [5.41, 5.74) is 2.80.